The average molecular weight is 424 g/mol. The maximum absolute atomic E-state index is 4.58. The van der Waals surface area contributed by atoms with Gasteiger partial charge >= 0.3 is 0 Å². The SMILES string of the molecule is CCCCCN=C(NCC)NCCc1csc(CC)n1.I. The molecule has 6 heteroatoms. The predicted octanol–water partition coefficient (Wildman–Crippen LogP) is 3.61. The van der Waals surface area contributed by atoms with Gasteiger partial charge in [-0.15, -0.1) is 35.3 Å². The molecule has 0 fully saturated rings. The zero-order valence-electron chi connectivity index (χ0n) is 13.4. The second kappa shape index (κ2) is 13.3. The fourth-order valence-electron chi connectivity index (χ4n) is 1.83. The van der Waals surface area contributed by atoms with Crippen LogP contribution >= 0.6 is 35.3 Å². The first-order valence-corrected chi connectivity index (χ1v) is 8.63. The van der Waals surface area contributed by atoms with E-state index in [1.54, 1.807) is 11.3 Å². The highest BCUT2D eigenvalue weighted by atomic mass is 127. The summed E-state index contributed by atoms with van der Waals surface area (Å²) in [7, 11) is 0. The summed E-state index contributed by atoms with van der Waals surface area (Å²) in [5.41, 5.74) is 1.18. The number of halogens is 1. The molecule has 0 aliphatic rings. The minimum atomic E-state index is 0. The second-order valence-corrected chi connectivity index (χ2v) is 5.67. The van der Waals surface area contributed by atoms with E-state index in [0.29, 0.717) is 0 Å². The Bertz CT molecular complexity index is 393. The number of aryl methyl sites for hydroxylation is 1. The van der Waals surface area contributed by atoms with Crippen molar-refractivity contribution < 1.29 is 0 Å². The molecule has 21 heavy (non-hydrogen) atoms. The number of aromatic nitrogens is 1. The quantitative estimate of drug-likeness (QED) is 0.276. The first kappa shape index (κ1) is 20.6. The van der Waals surface area contributed by atoms with E-state index >= 15 is 0 Å². The molecule has 4 nitrogen and oxygen atoms in total. The molecular formula is C15H29IN4S. The molecule has 0 unspecified atom stereocenters. The molecule has 0 spiro atoms. The molecule has 0 aromatic carbocycles. The molecule has 1 heterocycles. The summed E-state index contributed by atoms with van der Waals surface area (Å²) in [5, 5.41) is 10.0. The third kappa shape index (κ3) is 9.29. The van der Waals surface area contributed by atoms with Crippen LogP contribution in [0.5, 0.6) is 0 Å². The number of nitrogens with one attached hydrogen (secondary N) is 2. The Kier molecular flexibility index (Phi) is 13.1. The van der Waals surface area contributed by atoms with Gasteiger partial charge in [0.15, 0.2) is 5.96 Å². The maximum atomic E-state index is 4.58. The van der Waals surface area contributed by atoms with Gasteiger partial charge in [-0.3, -0.25) is 4.99 Å². The van der Waals surface area contributed by atoms with Gasteiger partial charge in [0.2, 0.25) is 0 Å². The molecule has 0 saturated carbocycles. The molecule has 0 bridgehead atoms. The highest BCUT2D eigenvalue weighted by Gasteiger charge is 2.01. The van der Waals surface area contributed by atoms with Gasteiger partial charge in [-0.25, -0.2) is 4.98 Å². The molecule has 0 aliphatic heterocycles. The number of thiazole rings is 1. The second-order valence-electron chi connectivity index (χ2n) is 4.73. The summed E-state index contributed by atoms with van der Waals surface area (Å²) in [6.07, 6.45) is 5.64. The topological polar surface area (TPSA) is 49.3 Å². The fourth-order valence-corrected chi connectivity index (χ4v) is 2.61. The van der Waals surface area contributed by atoms with Crippen LogP contribution in [-0.2, 0) is 12.8 Å². The first-order valence-electron chi connectivity index (χ1n) is 7.75. The van der Waals surface area contributed by atoms with E-state index < -0.39 is 0 Å². The molecule has 1 aromatic heterocycles. The van der Waals surface area contributed by atoms with Gasteiger partial charge in [0.05, 0.1) is 10.7 Å². The molecule has 0 radical (unpaired) electrons. The van der Waals surface area contributed by atoms with Gasteiger partial charge in [0.1, 0.15) is 0 Å². The van der Waals surface area contributed by atoms with Crippen molar-refractivity contribution in [1.29, 1.82) is 0 Å². The van der Waals surface area contributed by atoms with Gasteiger partial charge in [0.25, 0.3) is 0 Å². The van der Waals surface area contributed by atoms with Crippen molar-refractivity contribution in [1.82, 2.24) is 15.6 Å². The van der Waals surface area contributed by atoms with E-state index in [2.05, 4.69) is 46.8 Å². The monoisotopic (exact) mass is 424 g/mol. The minimum absolute atomic E-state index is 0. The molecular weight excluding hydrogens is 395 g/mol. The van der Waals surface area contributed by atoms with Crippen molar-refractivity contribution in [3.8, 4) is 0 Å². The van der Waals surface area contributed by atoms with Gasteiger partial charge in [0, 0.05) is 31.4 Å². The van der Waals surface area contributed by atoms with Gasteiger partial charge in [-0.1, -0.05) is 26.7 Å². The lowest BCUT2D eigenvalue weighted by Crippen LogP contribution is -2.38. The van der Waals surface area contributed by atoms with Crippen molar-refractivity contribution in [2.24, 2.45) is 4.99 Å². The number of hydrogen-bond donors (Lipinski definition) is 2. The molecule has 0 amide bonds. The number of rotatable bonds is 9. The van der Waals surface area contributed by atoms with Crippen LogP contribution in [0.15, 0.2) is 10.4 Å². The van der Waals surface area contributed by atoms with Crippen LogP contribution in [0.3, 0.4) is 0 Å². The highest BCUT2D eigenvalue weighted by molar-refractivity contribution is 14.0. The third-order valence-electron chi connectivity index (χ3n) is 2.95. The number of guanidine groups is 1. The Morgan fingerprint density at radius 2 is 2.05 bits per heavy atom. The summed E-state index contributed by atoms with van der Waals surface area (Å²) >= 11 is 1.75. The number of aliphatic imine (C=N–C) groups is 1. The zero-order valence-corrected chi connectivity index (χ0v) is 16.6. The summed E-state index contributed by atoms with van der Waals surface area (Å²) in [4.78, 5) is 9.16. The molecule has 0 aliphatic carbocycles. The van der Waals surface area contributed by atoms with Crippen LogP contribution in [0.4, 0.5) is 0 Å². The van der Waals surface area contributed by atoms with E-state index in [9.17, 15) is 0 Å². The van der Waals surface area contributed by atoms with E-state index in [-0.39, 0.29) is 24.0 Å². The zero-order chi connectivity index (χ0) is 14.6. The van der Waals surface area contributed by atoms with Crippen LogP contribution in [0.2, 0.25) is 0 Å². The first-order chi connectivity index (χ1) is 9.80. The van der Waals surface area contributed by atoms with Crippen LogP contribution in [-0.4, -0.2) is 30.6 Å². The summed E-state index contributed by atoms with van der Waals surface area (Å²) in [6, 6.07) is 0. The summed E-state index contributed by atoms with van der Waals surface area (Å²) < 4.78 is 0. The summed E-state index contributed by atoms with van der Waals surface area (Å²) in [6.45, 7) is 9.14. The van der Waals surface area contributed by atoms with Crippen molar-refractivity contribution in [2.45, 2.75) is 52.9 Å². The van der Waals surface area contributed by atoms with E-state index in [4.69, 9.17) is 0 Å². The number of hydrogen-bond acceptors (Lipinski definition) is 3. The number of nitrogens with zero attached hydrogens (tertiary/aromatic N) is 2. The van der Waals surface area contributed by atoms with Gasteiger partial charge in [-0.2, -0.15) is 0 Å². The Morgan fingerprint density at radius 3 is 2.67 bits per heavy atom. The molecule has 0 atom stereocenters. The average Bonchev–Trinajstić information content (AvgIpc) is 2.91. The van der Waals surface area contributed by atoms with Crippen LogP contribution in [0.25, 0.3) is 0 Å². The Hall–Kier alpha value is -0.370. The lowest BCUT2D eigenvalue weighted by Gasteiger charge is -2.10. The smallest absolute Gasteiger partial charge is 0.191 e. The predicted molar refractivity (Wildman–Crippen MR) is 104 cm³/mol. The highest BCUT2D eigenvalue weighted by Crippen LogP contribution is 2.10. The Balaban J connectivity index is 0.00000400. The van der Waals surface area contributed by atoms with Crippen molar-refractivity contribution in [3.05, 3.63) is 16.1 Å². The van der Waals surface area contributed by atoms with E-state index in [0.717, 1.165) is 38.4 Å². The third-order valence-corrected chi connectivity index (χ3v) is 3.99. The van der Waals surface area contributed by atoms with Gasteiger partial charge < -0.3 is 10.6 Å². The van der Waals surface area contributed by atoms with Crippen LogP contribution < -0.4 is 10.6 Å². The molecule has 2 N–H and O–H groups in total. The van der Waals surface area contributed by atoms with Crippen LogP contribution in [0, 0.1) is 0 Å². The van der Waals surface area contributed by atoms with Crippen molar-refractivity contribution in [2.75, 3.05) is 19.6 Å². The molecule has 0 saturated heterocycles. The van der Waals surface area contributed by atoms with E-state index in [1.165, 1.54) is 30.0 Å². The van der Waals surface area contributed by atoms with Crippen molar-refractivity contribution in [3.63, 3.8) is 0 Å². The van der Waals surface area contributed by atoms with E-state index in [1.807, 2.05) is 0 Å². The van der Waals surface area contributed by atoms with Crippen molar-refractivity contribution >= 4 is 41.3 Å². The molecule has 122 valence electrons. The van der Waals surface area contributed by atoms with Crippen LogP contribution in [0.1, 0.15) is 50.7 Å². The standard InChI is InChI=1S/C15H28N4S.HI/c1-4-7-8-10-17-15(16-6-3)18-11-9-13-12-20-14(5-2)19-13;/h12H,4-11H2,1-3H3,(H2,16,17,18);1H. The normalized spacial score (nSPS) is 11.1. The Morgan fingerprint density at radius 1 is 1.24 bits per heavy atom. The molecule has 1 rings (SSSR count). The van der Waals surface area contributed by atoms with Gasteiger partial charge in [-0.05, 0) is 19.8 Å². The fraction of sp³-hybridized carbons (Fsp3) is 0.733. The summed E-state index contributed by atoms with van der Waals surface area (Å²) in [5.74, 6) is 0.926. The maximum Gasteiger partial charge on any atom is 0.191 e. The molecule has 1 aromatic rings. The number of unbranched alkanes of at least 4 members (excludes halogenated alkanes) is 2. The largest absolute Gasteiger partial charge is 0.357 e. The lowest BCUT2D eigenvalue weighted by atomic mass is 10.2. The minimum Gasteiger partial charge on any atom is -0.357 e. The Labute approximate surface area is 150 Å². The lowest BCUT2D eigenvalue weighted by molar-refractivity contribution is 0.716.